The zero-order chi connectivity index (χ0) is 21.5. The van der Waals surface area contributed by atoms with Crippen LogP contribution in [0.1, 0.15) is 21.5 Å². The van der Waals surface area contributed by atoms with Crippen LogP contribution in [0.4, 0.5) is 4.39 Å². The maximum absolute atomic E-state index is 14.1. The van der Waals surface area contributed by atoms with Crippen LogP contribution in [0.25, 0.3) is 0 Å². The van der Waals surface area contributed by atoms with Gasteiger partial charge in [0.2, 0.25) is 0 Å². The summed E-state index contributed by atoms with van der Waals surface area (Å²) in [6.07, 6.45) is 0.417. The minimum atomic E-state index is -1.04. The van der Waals surface area contributed by atoms with Crippen molar-refractivity contribution in [2.75, 3.05) is 6.54 Å². The van der Waals surface area contributed by atoms with Gasteiger partial charge in [-0.05, 0) is 66.1 Å². The number of nitrogens with one attached hydrogen (secondary N) is 1. The van der Waals surface area contributed by atoms with Crippen LogP contribution in [0.3, 0.4) is 0 Å². The van der Waals surface area contributed by atoms with Crippen LogP contribution in [0.5, 0.6) is 11.5 Å². The van der Waals surface area contributed by atoms with Crippen LogP contribution in [-0.4, -0.2) is 23.5 Å². The van der Waals surface area contributed by atoms with Gasteiger partial charge in [0.05, 0.1) is 6.42 Å². The monoisotopic (exact) mass is 427 g/mol. The summed E-state index contributed by atoms with van der Waals surface area (Å²) in [5.74, 6) is -1.58. The summed E-state index contributed by atoms with van der Waals surface area (Å²) in [6, 6.07) is 17.7. The van der Waals surface area contributed by atoms with Crippen molar-refractivity contribution in [2.24, 2.45) is 0 Å². The van der Waals surface area contributed by atoms with E-state index >= 15 is 0 Å². The number of halogens is 2. The lowest BCUT2D eigenvalue weighted by atomic mass is 10.1. The van der Waals surface area contributed by atoms with Crippen LogP contribution >= 0.6 is 11.6 Å². The van der Waals surface area contributed by atoms with E-state index in [4.69, 9.17) is 21.4 Å². The Balaban J connectivity index is 1.54. The molecular formula is C23H19ClFNO4. The zero-order valence-electron chi connectivity index (χ0n) is 15.9. The predicted octanol–water partition coefficient (Wildman–Crippen LogP) is 4.87. The van der Waals surface area contributed by atoms with Crippen molar-refractivity contribution < 1.29 is 23.8 Å². The molecule has 0 aliphatic carbocycles. The second kappa shape index (κ2) is 9.89. The number of hydrogen-bond donors (Lipinski definition) is 2. The Morgan fingerprint density at radius 3 is 2.27 bits per heavy atom. The molecule has 0 heterocycles. The number of carboxylic acids is 1. The van der Waals surface area contributed by atoms with Crippen molar-refractivity contribution in [3.63, 3.8) is 0 Å². The lowest BCUT2D eigenvalue weighted by Crippen LogP contribution is -2.25. The summed E-state index contributed by atoms with van der Waals surface area (Å²) >= 11 is 5.85. The van der Waals surface area contributed by atoms with Gasteiger partial charge in [-0.1, -0.05) is 29.8 Å². The number of carbonyl (C=O) groups is 2. The molecule has 3 aromatic carbocycles. The van der Waals surface area contributed by atoms with E-state index in [0.29, 0.717) is 34.9 Å². The van der Waals surface area contributed by atoms with Crippen LogP contribution in [0, 0.1) is 5.82 Å². The first-order valence-electron chi connectivity index (χ1n) is 9.21. The third-order valence-corrected chi connectivity index (χ3v) is 4.56. The highest BCUT2D eigenvalue weighted by molar-refractivity contribution is 6.30. The van der Waals surface area contributed by atoms with Crippen molar-refractivity contribution in [3.8, 4) is 11.5 Å². The molecule has 0 saturated carbocycles. The summed E-state index contributed by atoms with van der Waals surface area (Å²) < 4.78 is 19.6. The first-order valence-corrected chi connectivity index (χ1v) is 9.59. The minimum Gasteiger partial charge on any atom is -0.481 e. The lowest BCUT2D eigenvalue weighted by Gasteiger charge is -2.09. The van der Waals surface area contributed by atoms with Crippen molar-refractivity contribution in [1.82, 2.24) is 5.32 Å². The van der Waals surface area contributed by atoms with Crippen LogP contribution in [-0.2, 0) is 17.6 Å². The molecule has 0 radical (unpaired) electrons. The fourth-order valence-corrected chi connectivity index (χ4v) is 2.91. The van der Waals surface area contributed by atoms with Crippen LogP contribution < -0.4 is 10.1 Å². The molecule has 3 rings (SSSR count). The van der Waals surface area contributed by atoms with E-state index in [2.05, 4.69) is 5.32 Å². The third kappa shape index (κ3) is 6.06. The maximum atomic E-state index is 14.1. The number of hydrogen-bond acceptors (Lipinski definition) is 3. The Hall–Kier alpha value is -3.38. The highest BCUT2D eigenvalue weighted by atomic mass is 35.5. The summed E-state index contributed by atoms with van der Waals surface area (Å²) in [7, 11) is 0. The molecule has 0 spiro atoms. The number of ether oxygens (including phenoxy) is 1. The number of amides is 1. The molecule has 0 aliphatic rings. The van der Waals surface area contributed by atoms with Gasteiger partial charge in [0, 0.05) is 17.1 Å². The Bertz CT molecular complexity index is 1040. The number of carbonyl (C=O) groups excluding carboxylic acids is 1. The molecule has 0 atom stereocenters. The molecule has 30 heavy (non-hydrogen) atoms. The Morgan fingerprint density at radius 1 is 0.967 bits per heavy atom. The number of carboxylic acid groups (broad SMARTS) is 1. The van der Waals surface area contributed by atoms with E-state index in [9.17, 15) is 14.0 Å². The highest BCUT2D eigenvalue weighted by Gasteiger charge is 2.10. The molecular weight excluding hydrogens is 409 g/mol. The van der Waals surface area contributed by atoms with E-state index in [1.807, 2.05) is 12.1 Å². The van der Waals surface area contributed by atoms with Gasteiger partial charge in [-0.2, -0.15) is 0 Å². The molecule has 1 amide bonds. The lowest BCUT2D eigenvalue weighted by molar-refractivity contribution is -0.136. The van der Waals surface area contributed by atoms with Gasteiger partial charge in [0.25, 0.3) is 5.91 Å². The van der Waals surface area contributed by atoms with Crippen molar-refractivity contribution in [3.05, 3.63) is 94.3 Å². The van der Waals surface area contributed by atoms with Crippen LogP contribution in [0.2, 0.25) is 5.02 Å². The second-order valence-electron chi connectivity index (χ2n) is 6.59. The Kier molecular flexibility index (Phi) is 7.03. The van der Waals surface area contributed by atoms with E-state index in [-0.39, 0.29) is 18.1 Å². The first-order chi connectivity index (χ1) is 14.4. The number of rotatable bonds is 8. The summed E-state index contributed by atoms with van der Waals surface area (Å²) in [5, 5.41) is 12.3. The second-order valence-corrected chi connectivity index (χ2v) is 7.03. The standard InChI is InChI=1S/C23H19ClFNO4/c24-18-6-1-15(2-7-18)11-12-26-23(29)17-4-8-19(9-5-17)30-21-10-3-16(13-20(21)25)14-22(27)28/h1-10,13H,11-12,14H2,(H,26,29)(H,27,28). The average Bonchev–Trinajstić information content (AvgIpc) is 2.71. The van der Waals surface area contributed by atoms with E-state index in [1.54, 1.807) is 36.4 Å². The Labute approximate surface area is 178 Å². The van der Waals surface area contributed by atoms with E-state index in [1.165, 1.54) is 12.1 Å². The van der Waals surface area contributed by atoms with Crippen molar-refractivity contribution in [1.29, 1.82) is 0 Å². The smallest absolute Gasteiger partial charge is 0.307 e. The molecule has 7 heteroatoms. The predicted molar refractivity (Wildman–Crippen MR) is 112 cm³/mol. The number of aliphatic carboxylic acids is 1. The molecule has 154 valence electrons. The topological polar surface area (TPSA) is 75.6 Å². The van der Waals surface area contributed by atoms with Gasteiger partial charge >= 0.3 is 5.97 Å². The highest BCUT2D eigenvalue weighted by Crippen LogP contribution is 2.25. The molecule has 0 bridgehead atoms. The van der Waals surface area contributed by atoms with E-state index in [0.717, 1.165) is 11.6 Å². The molecule has 3 aromatic rings. The van der Waals surface area contributed by atoms with Crippen molar-refractivity contribution >= 4 is 23.5 Å². The molecule has 0 aromatic heterocycles. The average molecular weight is 428 g/mol. The van der Waals surface area contributed by atoms with Gasteiger partial charge in [0.15, 0.2) is 11.6 Å². The normalized spacial score (nSPS) is 10.5. The van der Waals surface area contributed by atoms with Crippen molar-refractivity contribution in [2.45, 2.75) is 12.8 Å². The largest absolute Gasteiger partial charge is 0.481 e. The minimum absolute atomic E-state index is 0.0238. The molecule has 0 saturated heterocycles. The zero-order valence-corrected chi connectivity index (χ0v) is 16.7. The Morgan fingerprint density at radius 2 is 1.63 bits per heavy atom. The summed E-state index contributed by atoms with van der Waals surface area (Å²) in [6.45, 7) is 0.479. The van der Waals surface area contributed by atoms with Gasteiger partial charge in [-0.25, -0.2) is 4.39 Å². The number of benzene rings is 3. The first kappa shape index (κ1) is 21.3. The molecule has 5 nitrogen and oxygen atoms in total. The summed E-state index contributed by atoms with van der Waals surface area (Å²) in [5.41, 5.74) is 1.87. The van der Waals surface area contributed by atoms with Gasteiger partial charge in [-0.3, -0.25) is 9.59 Å². The van der Waals surface area contributed by atoms with Crippen LogP contribution in [0.15, 0.2) is 66.7 Å². The molecule has 2 N–H and O–H groups in total. The fraction of sp³-hybridized carbons (Fsp3) is 0.130. The van der Waals surface area contributed by atoms with Gasteiger partial charge in [-0.15, -0.1) is 0 Å². The molecule has 0 unspecified atom stereocenters. The van der Waals surface area contributed by atoms with Gasteiger partial charge in [0.1, 0.15) is 5.75 Å². The summed E-state index contributed by atoms with van der Waals surface area (Å²) in [4.78, 5) is 23.0. The fourth-order valence-electron chi connectivity index (χ4n) is 2.79. The van der Waals surface area contributed by atoms with E-state index < -0.39 is 11.8 Å². The SMILES string of the molecule is O=C(O)Cc1ccc(Oc2ccc(C(=O)NCCc3ccc(Cl)cc3)cc2)c(F)c1. The maximum Gasteiger partial charge on any atom is 0.307 e. The van der Waals surface area contributed by atoms with Gasteiger partial charge < -0.3 is 15.2 Å². The molecule has 0 aliphatic heterocycles. The molecule has 0 fully saturated rings. The third-order valence-electron chi connectivity index (χ3n) is 4.31. The quantitative estimate of drug-likeness (QED) is 0.537.